The number of rotatable bonds is 6. The second-order valence-electron chi connectivity index (χ2n) is 4.85. The van der Waals surface area contributed by atoms with Crippen molar-refractivity contribution >= 4 is 23.3 Å². The van der Waals surface area contributed by atoms with Crippen LogP contribution in [-0.4, -0.2) is 46.9 Å². The number of aryl methyl sites for hydroxylation is 1. The van der Waals surface area contributed by atoms with Crippen molar-refractivity contribution in [2.45, 2.75) is 19.4 Å². The van der Waals surface area contributed by atoms with Gasteiger partial charge < -0.3 is 10.4 Å². The summed E-state index contributed by atoms with van der Waals surface area (Å²) in [6, 6.07) is 3.41. The average Bonchev–Trinajstić information content (AvgIpc) is 2.37. The fraction of sp³-hybridized carbons (Fsp3) is 0.385. The number of carbonyl (C=O) groups excluding carboxylic acids is 1. The number of anilines is 1. The van der Waals surface area contributed by atoms with Crippen LogP contribution in [0.15, 0.2) is 18.2 Å². The zero-order valence-corrected chi connectivity index (χ0v) is 12.0. The van der Waals surface area contributed by atoms with Crippen LogP contribution in [-0.2, 0) is 9.59 Å². The fourth-order valence-corrected chi connectivity index (χ4v) is 1.77. The van der Waals surface area contributed by atoms with Crippen molar-refractivity contribution in [3.8, 4) is 0 Å². The molecule has 1 unspecified atom stereocenters. The highest BCUT2D eigenvalue weighted by Gasteiger charge is 2.24. The lowest BCUT2D eigenvalue weighted by Gasteiger charge is -2.19. The van der Waals surface area contributed by atoms with Gasteiger partial charge >= 0.3 is 5.97 Å². The maximum atomic E-state index is 11.9. The van der Waals surface area contributed by atoms with E-state index in [1.54, 1.807) is 27.1 Å². The number of nitro benzene ring substituents is 1. The van der Waals surface area contributed by atoms with Crippen LogP contribution in [0.5, 0.6) is 0 Å². The SMILES string of the molecule is Cc1ccc(NC(=O)CC(C(=O)O)N(C)C)c([N+](=O)[O-])c1. The number of nitrogens with zero attached hydrogens (tertiary/aromatic N) is 2. The van der Waals surface area contributed by atoms with Crippen molar-refractivity contribution in [1.82, 2.24) is 4.90 Å². The van der Waals surface area contributed by atoms with Crippen LogP contribution < -0.4 is 5.32 Å². The zero-order chi connectivity index (χ0) is 16.2. The summed E-state index contributed by atoms with van der Waals surface area (Å²) in [5, 5.41) is 22.3. The molecule has 21 heavy (non-hydrogen) atoms. The number of nitrogens with one attached hydrogen (secondary N) is 1. The van der Waals surface area contributed by atoms with E-state index in [0.717, 1.165) is 0 Å². The second kappa shape index (κ2) is 6.80. The van der Waals surface area contributed by atoms with Crippen LogP contribution in [0.2, 0.25) is 0 Å². The van der Waals surface area contributed by atoms with E-state index in [2.05, 4.69) is 5.32 Å². The van der Waals surface area contributed by atoms with Gasteiger partial charge in [-0.05, 0) is 32.6 Å². The number of carboxylic acid groups (broad SMARTS) is 1. The topological polar surface area (TPSA) is 113 Å². The first-order chi connectivity index (χ1) is 9.72. The number of hydrogen-bond donors (Lipinski definition) is 2. The van der Waals surface area contributed by atoms with Gasteiger partial charge in [-0.3, -0.25) is 24.6 Å². The number of nitro groups is 1. The van der Waals surface area contributed by atoms with Crippen LogP contribution >= 0.6 is 0 Å². The zero-order valence-electron chi connectivity index (χ0n) is 12.0. The minimum atomic E-state index is -1.13. The molecule has 0 aromatic heterocycles. The largest absolute Gasteiger partial charge is 0.480 e. The Balaban J connectivity index is 2.89. The molecule has 1 aromatic rings. The molecule has 0 fully saturated rings. The van der Waals surface area contributed by atoms with Gasteiger partial charge in [0, 0.05) is 6.07 Å². The molecule has 0 aliphatic carbocycles. The monoisotopic (exact) mass is 295 g/mol. The van der Waals surface area contributed by atoms with E-state index in [-0.39, 0.29) is 17.8 Å². The molecular weight excluding hydrogens is 278 g/mol. The molecule has 0 saturated heterocycles. The Kier molecular flexibility index (Phi) is 5.37. The minimum absolute atomic E-state index is 0.0542. The van der Waals surface area contributed by atoms with Crippen LogP contribution in [0.25, 0.3) is 0 Å². The normalized spacial score (nSPS) is 12.0. The molecule has 1 atom stereocenters. The van der Waals surface area contributed by atoms with E-state index >= 15 is 0 Å². The summed E-state index contributed by atoms with van der Waals surface area (Å²) in [4.78, 5) is 34.6. The number of benzene rings is 1. The Labute approximate surface area is 121 Å². The molecule has 0 saturated carbocycles. The Morgan fingerprint density at radius 3 is 2.52 bits per heavy atom. The molecule has 0 aliphatic rings. The first kappa shape index (κ1) is 16.6. The lowest BCUT2D eigenvalue weighted by atomic mass is 10.1. The van der Waals surface area contributed by atoms with Crippen LogP contribution in [0.4, 0.5) is 11.4 Å². The van der Waals surface area contributed by atoms with Gasteiger partial charge in [-0.25, -0.2) is 0 Å². The smallest absolute Gasteiger partial charge is 0.321 e. The summed E-state index contributed by atoms with van der Waals surface area (Å²) in [5.74, 6) is -1.73. The Morgan fingerprint density at radius 2 is 2.05 bits per heavy atom. The lowest BCUT2D eigenvalue weighted by molar-refractivity contribution is -0.384. The molecule has 0 heterocycles. The highest BCUT2D eigenvalue weighted by molar-refractivity contribution is 5.95. The minimum Gasteiger partial charge on any atom is -0.480 e. The van der Waals surface area contributed by atoms with Crippen molar-refractivity contribution < 1.29 is 19.6 Å². The summed E-state index contributed by atoms with van der Waals surface area (Å²) in [6.07, 6.45) is -0.298. The van der Waals surface area contributed by atoms with Gasteiger partial charge in [0.25, 0.3) is 5.69 Å². The van der Waals surface area contributed by atoms with Gasteiger partial charge in [-0.1, -0.05) is 6.07 Å². The van der Waals surface area contributed by atoms with E-state index in [4.69, 9.17) is 5.11 Å². The maximum absolute atomic E-state index is 11.9. The molecular formula is C13H17N3O5. The van der Waals surface area contributed by atoms with Gasteiger partial charge in [0.1, 0.15) is 11.7 Å². The number of carbonyl (C=O) groups is 2. The number of carboxylic acids is 1. The van der Waals surface area contributed by atoms with Gasteiger partial charge in [-0.2, -0.15) is 0 Å². The van der Waals surface area contributed by atoms with E-state index in [1.807, 2.05) is 0 Å². The first-order valence-corrected chi connectivity index (χ1v) is 6.16. The quantitative estimate of drug-likeness (QED) is 0.603. The number of hydrogen-bond acceptors (Lipinski definition) is 5. The molecule has 1 rings (SSSR count). The van der Waals surface area contributed by atoms with Gasteiger partial charge in [-0.15, -0.1) is 0 Å². The molecule has 2 N–H and O–H groups in total. The molecule has 8 nitrogen and oxygen atoms in total. The molecule has 0 radical (unpaired) electrons. The third-order valence-electron chi connectivity index (χ3n) is 2.91. The van der Waals surface area contributed by atoms with Gasteiger partial charge in [0.15, 0.2) is 0 Å². The molecule has 1 aromatic carbocycles. The van der Waals surface area contributed by atoms with Crippen molar-refractivity contribution in [2.24, 2.45) is 0 Å². The fourth-order valence-electron chi connectivity index (χ4n) is 1.77. The third kappa shape index (κ3) is 4.53. The molecule has 0 aliphatic heterocycles. The summed E-state index contributed by atoms with van der Waals surface area (Å²) in [6.45, 7) is 1.70. The van der Waals surface area contributed by atoms with Crippen molar-refractivity contribution in [1.29, 1.82) is 0 Å². The van der Waals surface area contributed by atoms with Crippen LogP contribution in [0, 0.1) is 17.0 Å². The van der Waals surface area contributed by atoms with E-state index in [0.29, 0.717) is 5.56 Å². The number of amides is 1. The Bertz CT molecular complexity index is 571. The van der Waals surface area contributed by atoms with Gasteiger partial charge in [0.05, 0.1) is 11.3 Å². The summed E-state index contributed by atoms with van der Waals surface area (Å²) >= 11 is 0. The second-order valence-corrected chi connectivity index (χ2v) is 4.85. The predicted octanol–water partition coefficient (Wildman–Crippen LogP) is 1.25. The van der Waals surface area contributed by atoms with Crippen molar-refractivity contribution in [2.75, 3.05) is 19.4 Å². The summed E-state index contributed by atoms with van der Waals surface area (Å²) in [5.41, 5.74) is 0.523. The van der Waals surface area contributed by atoms with Crippen LogP contribution in [0.3, 0.4) is 0 Å². The standard InChI is InChI=1S/C13H17N3O5/c1-8-4-5-9(10(6-8)16(20)21)14-12(17)7-11(13(18)19)15(2)3/h4-6,11H,7H2,1-3H3,(H,14,17)(H,18,19). The third-order valence-corrected chi connectivity index (χ3v) is 2.91. The van der Waals surface area contributed by atoms with E-state index < -0.39 is 22.8 Å². The number of likely N-dealkylation sites (N-methyl/N-ethyl adjacent to an activating group) is 1. The highest BCUT2D eigenvalue weighted by atomic mass is 16.6. The molecule has 1 amide bonds. The Hall–Kier alpha value is -2.48. The summed E-state index contributed by atoms with van der Waals surface area (Å²) in [7, 11) is 3.08. The van der Waals surface area contributed by atoms with E-state index in [1.165, 1.54) is 17.0 Å². The molecule has 114 valence electrons. The molecule has 0 bridgehead atoms. The average molecular weight is 295 g/mol. The molecule has 0 spiro atoms. The number of aliphatic carboxylic acids is 1. The molecule has 8 heteroatoms. The predicted molar refractivity (Wildman–Crippen MR) is 76.2 cm³/mol. The van der Waals surface area contributed by atoms with E-state index in [9.17, 15) is 19.7 Å². The maximum Gasteiger partial charge on any atom is 0.321 e. The highest BCUT2D eigenvalue weighted by Crippen LogP contribution is 2.25. The van der Waals surface area contributed by atoms with Crippen molar-refractivity contribution in [3.63, 3.8) is 0 Å². The summed E-state index contributed by atoms with van der Waals surface area (Å²) < 4.78 is 0. The van der Waals surface area contributed by atoms with Crippen molar-refractivity contribution in [3.05, 3.63) is 33.9 Å². The first-order valence-electron chi connectivity index (χ1n) is 6.16. The lowest BCUT2D eigenvalue weighted by Crippen LogP contribution is -2.38. The van der Waals surface area contributed by atoms with Crippen LogP contribution in [0.1, 0.15) is 12.0 Å². The Morgan fingerprint density at radius 1 is 1.43 bits per heavy atom. The van der Waals surface area contributed by atoms with Gasteiger partial charge in [0.2, 0.25) is 5.91 Å².